The van der Waals surface area contributed by atoms with Crippen molar-refractivity contribution in [2.75, 3.05) is 45.6 Å². The van der Waals surface area contributed by atoms with Crippen LogP contribution in [0.3, 0.4) is 0 Å². The Kier molecular flexibility index (Phi) is 4.31. The predicted molar refractivity (Wildman–Crippen MR) is 49.7 cm³/mol. The molecule has 0 radical (unpaired) electrons. The molecule has 1 heterocycles. The Morgan fingerprint density at radius 1 is 1.09 bits per heavy atom. The maximum absolute atomic E-state index is 8.68. The van der Waals surface area contributed by atoms with Crippen LogP contribution in [-0.2, 0) is 0 Å². The van der Waals surface area contributed by atoms with Gasteiger partial charge in [0.15, 0.2) is 0 Å². The van der Waals surface area contributed by atoms with Gasteiger partial charge in [-0.1, -0.05) is 0 Å². The van der Waals surface area contributed by atoms with E-state index in [-0.39, 0.29) is 0 Å². The lowest BCUT2D eigenvalue weighted by atomic mass is 10.3. The molecule has 1 atom stereocenters. The summed E-state index contributed by atoms with van der Waals surface area (Å²) in [6, 6.07) is 0. The summed E-state index contributed by atoms with van der Waals surface area (Å²) in [5.41, 5.74) is 0. The first-order chi connectivity index (χ1) is 5.36. The molecule has 0 aromatic carbocycles. The van der Waals surface area contributed by atoms with Gasteiger partial charge in [-0.25, -0.2) is 0 Å². The molecule has 1 rings (SSSR count). The van der Waals surface area contributed by atoms with E-state index in [9.17, 15) is 0 Å². The van der Waals surface area contributed by atoms with Gasteiger partial charge in [-0.05, 0) is 0 Å². The Balaban J connectivity index is 2.14. The smallest absolute Gasteiger partial charge is 0.0558 e. The third kappa shape index (κ3) is 3.04. The van der Waals surface area contributed by atoms with E-state index in [1.807, 2.05) is 0 Å². The summed E-state index contributed by atoms with van der Waals surface area (Å²) in [5, 5.41) is 8.68. The molecule has 1 N–H and O–H groups in total. The standard InChI is InChI=1S/C7H17N2OP/c10-6-5-8-1-3-9(7-11)4-2-8/h10H,1-7,11H2. The van der Waals surface area contributed by atoms with Crippen LogP contribution in [0.1, 0.15) is 0 Å². The summed E-state index contributed by atoms with van der Waals surface area (Å²) in [6.07, 6.45) is 1.08. The molecule has 0 spiro atoms. The van der Waals surface area contributed by atoms with Crippen LogP contribution in [0.2, 0.25) is 0 Å². The second-order valence-corrected chi connectivity index (χ2v) is 3.23. The lowest BCUT2D eigenvalue weighted by Crippen LogP contribution is -2.46. The quantitative estimate of drug-likeness (QED) is 0.583. The molecule has 66 valence electrons. The lowest BCUT2D eigenvalue weighted by molar-refractivity contribution is 0.125. The minimum Gasteiger partial charge on any atom is -0.395 e. The Morgan fingerprint density at radius 2 is 1.64 bits per heavy atom. The van der Waals surface area contributed by atoms with Gasteiger partial charge < -0.3 is 5.11 Å². The molecule has 4 heteroatoms. The molecule has 1 unspecified atom stereocenters. The number of hydrogen-bond acceptors (Lipinski definition) is 3. The second kappa shape index (κ2) is 5.04. The zero-order valence-electron chi connectivity index (χ0n) is 6.87. The van der Waals surface area contributed by atoms with Crippen LogP contribution in [-0.4, -0.2) is 60.5 Å². The normalized spacial score (nSPS) is 22.4. The van der Waals surface area contributed by atoms with E-state index >= 15 is 0 Å². The first-order valence-electron chi connectivity index (χ1n) is 4.12. The van der Waals surface area contributed by atoms with Crippen molar-refractivity contribution in [3.63, 3.8) is 0 Å². The van der Waals surface area contributed by atoms with Gasteiger partial charge in [0.2, 0.25) is 0 Å². The third-order valence-corrected chi connectivity index (χ3v) is 2.66. The van der Waals surface area contributed by atoms with E-state index in [2.05, 4.69) is 19.0 Å². The molecular weight excluding hydrogens is 159 g/mol. The van der Waals surface area contributed by atoms with Gasteiger partial charge in [-0.2, -0.15) is 0 Å². The van der Waals surface area contributed by atoms with Crippen LogP contribution in [0.5, 0.6) is 0 Å². The van der Waals surface area contributed by atoms with Gasteiger partial charge in [0, 0.05) is 39.0 Å². The van der Waals surface area contributed by atoms with Crippen molar-refractivity contribution >= 4 is 9.24 Å². The van der Waals surface area contributed by atoms with Crippen molar-refractivity contribution in [2.24, 2.45) is 0 Å². The van der Waals surface area contributed by atoms with E-state index in [0.29, 0.717) is 6.61 Å². The highest BCUT2D eigenvalue weighted by Gasteiger charge is 2.13. The topological polar surface area (TPSA) is 26.7 Å². The largest absolute Gasteiger partial charge is 0.395 e. The number of piperazine rings is 1. The van der Waals surface area contributed by atoms with E-state index < -0.39 is 0 Å². The van der Waals surface area contributed by atoms with Gasteiger partial charge in [0.1, 0.15) is 0 Å². The molecule has 0 bridgehead atoms. The Labute approximate surface area is 70.6 Å². The van der Waals surface area contributed by atoms with Crippen molar-refractivity contribution in [1.82, 2.24) is 9.80 Å². The van der Waals surface area contributed by atoms with E-state index in [1.54, 1.807) is 0 Å². The molecule has 0 saturated carbocycles. The average molecular weight is 176 g/mol. The minimum absolute atomic E-state index is 0.293. The number of hydrogen-bond donors (Lipinski definition) is 1. The molecule has 3 nitrogen and oxygen atoms in total. The Bertz CT molecular complexity index is 105. The van der Waals surface area contributed by atoms with Gasteiger partial charge in [-0.3, -0.25) is 9.80 Å². The van der Waals surface area contributed by atoms with E-state index in [4.69, 9.17) is 5.11 Å². The Hall–Kier alpha value is 0.310. The maximum atomic E-state index is 8.68. The first kappa shape index (κ1) is 9.40. The van der Waals surface area contributed by atoms with Crippen molar-refractivity contribution in [2.45, 2.75) is 0 Å². The fourth-order valence-corrected chi connectivity index (χ4v) is 1.70. The minimum atomic E-state index is 0.293. The molecule has 0 aliphatic carbocycles. The zero-order chi connectivity index (χ0) is 8.10. The first-order valence-corrected chi connectivity index (χ1v) is 4.94. The lowest BCUT2D eigenvalue weighted by Gasteiger charge is -2.33. The molecule has 1 aliphatic heterocycles. The zero-order valence-corrected chi connectivity index (χ0v) is 8.02. The average Bonchev–Trinajstić information content (AvgIpc) is 2.07. The highest BCUT2D eigenvalue weighted by atomic mass is 31.0. The predicted octanol–water partition coefficient (Wildman–Crippen LogP) is -0.571. The monoisotopic (exact) mass is 176 g/mol. The maximum Gasteiger partial charge on any atom is 0.0558 e. The summed E-state index contributed by atoms with van der Waals surface area (Å²) in [7, 11) is 2.74. The summed E-state index contributed by atoms with van der Waals surface area (Å²) in [4.78, 5) is 4.70. The fourth-order valence-electron chi connectivity index (χ4n) is 1.34. The molecule has 0 aromatic heterocycles. The van der Waals surface area contributed by atoms with E-state index in [1.165, 1.54) is 0 Å². The molecule has 1 saturated heterocycles. The summed E-state index contributed by atoms with van der Waals surface area (Å²) >= 11 is 0. The van der Waals surface area contributed by atoms with Gasteiger partial charge in [-0.15, -0.1) is 9.24 Å². The molecule has 1 fully saturated rings. The number of rotatable bonds is 3. The highest BCUT2D eigenvalue weighted by molar-refractivity contribution is 7.16. The number of β-amino-alcohol motifs (C(OH)–C–C–N with tert-alkyl or cyclic N) is 1. The van der Waals surface area contributed by atoms with Crippen LogP contribution in [0.25, 0.3) is 0 Å². The Morgan fingerprint density at radius 3 is 2.09 bits per heavy atom. The summed E-state index contributed by atoms with van der Waals surface area (Å²) < 4.78 is 0. The van der Waals surface area contributed by atoms with Crippen LogP contribution >= 0.6 is 9.24 Å². The van der Waals surface area contributed by atoms with E-state index in [0.717, 1.165) is 39.0 Å². The van der Waals surface area contributed by atoms with Gasteiger partial charge in [0.05, 0.1) is 6.61 Å². The number of aliphatic hydroxyl groups excluding tert-OH is 1. The van der Waals surface area contributed by atoms with Gasteiger partial charge in [0.25, 0.3) is 0 Å². The van der Waals surface area contributed by atoms with Crippen molar-refractivity contribution < 1.29 is 5.11 Å². The second-order valence-electron chi connectivity index (χ2n) is 2.87. The number of aliphatic hydroxyl groups is 1. The third-order valence-electron chi connectivity index (χ3n) is 2.14. The molecular formula is C7H17N2OP. The highest BCUT2D eigenvalue weighted by Crippen LogP contribution is 2.02. The molecule has 0 amide bonds. The summed E-state index contributed by atoms with van der Waals surface area (Å²) in [6.45, 7) is 5.63. The number of nitrogens with zero attached hydrogens (tertiary/aromatic N) is 2. The van der Waals surface area contributed by atoms with Crippen LogP contribution in [0.4, 0.5) is 0 Å². The summed E-state index contributed by atoms with van der Waals surface area (Å²) in [5.74, 6) is 0. The van der Waals surface area contributed by atoms with Crippen LogP contribution < -0.4 is 0 Å². The molecule has 1 aliphatic rings. The molecule has 0 aromatic rings. The van der Waals surface area contributed by atoms with Gasteiger partial charge >= 0.3 is 0 Å². The van der Waals surface area contributed by atoms with Crippen LogP contribution in [0.15, 0.2) is 0 Å². The van der Waals surface area contributed by atoms with Crippen molar-refractivity contribution in [1.29, 1.82) is 0 Å². The SMILES string of the molecule is OCCN1CCN(CP)CC1. The fraction of sp³-hybridized carbons (Fsp3) is 1.00. The molecule has 11 heavy (non-hydrogen) atoms. The van der Waals surface area contributed by atoms with Crippen LogP contribution in [0, 0.1) is 0 Å². The van der Waals surface area contributed by atoms with Crippen molar-refractivity contribution in [3.05, 3.63) is 0 Å². The van der Waals surface area contributed by atoms with Crippen molar-refractivity contribution in [3.8, 4) is 0 Å².